The van der Waals surface area contributed by atoms with E-state index in [0.29, 0.717) is 27.1 Å². The molecule has 3 rings (SSSR count). The fourth-order valence-corrected chi connectivity index (χ4v) is 3.05. The van der Waals surface area contributed by atoms with Crippen molar-refractivity contribution in [3.05, 3.63) is 65.4 Å². The molecule has 0 aliphatic carbocycles. The highest BCUT2D eigenvalue weighted by Gasteiger charge is 2.11. The maximum atomic E-state index is 11.5. The molecule has 0 unspecified atom stereocenters. The van der Waals surface area contributed by atoms with Gasteiger partial charge in [0.2, 0.25) is 0 Å². The van der Waals surface area contributed by atoms with Crippen molar-refractivity contribution >= 4 is 46.5 Å². The number of aromatic nitrogens is 2. The lowest BCUT2D eigenvalue weighted by atomic mass is 10.2. The molecule has 6 nitrogen and oxygen atoms in total. The molecule has 1 aromatic heterocycles. The van der Waals surface area contributed by atoms with Gasteiger partial charge in [-0.05, 0) is 48.5 Å². The summed E-state index contributed by atoms with van der Waals surface area (Å²) in [6.45, 7) is 0. The second kappa shape index (κ2) is 8.07. The fraction of sp³-hybridized carbons (Fsp3) is 0.0556. The lowest BCUT2D eigenvalue weighted by Crippen LogP contribution is -2.03. The van der Waals surface area contributed by atoms with Crippen molar-refractivity contribution in [2.75, 3.05) is 18.2 Å². The van der Waals surface area contributed by atoms with Crippen molar-refractivity contribution in [1.29, 1.82) is 0 Å². The SMILES string of the molecule is COC(=O)c1ccc(Nc2ncnc(Sc3ccc(Cl)cc3)c2N)cc1. The second-order valence-electron chi connectivity index (χ2n) is 5.19. The fourth-order valence-electron chi connectivity index (χ4n) is 2.12. The van der Waals surface area contributed by atoms with Crippen molar-refractivity contribution in [2.24, 2.45) is 0 Å². The molecule has 0 aliphatic rings. The minimum Gasteiger partial charge on any atom is -0.465 e. The molecule has 0 spiro atoms. The van der Waals surface area contributed by atoms with Gasteiger partial charge in [-0.2, -0.15) is 0 Å². The summed E-state index contributed by atoms with van der Waals surface area (Å²) in [4.78, 5) is 20.9. The van der Waals surface area contributed by atoms with Crippen molar-refractivity contribution in [3.63, 3.8) is 0 Å². The van der Waals surface area contributed by atoms with Crippen LogP contribution in [0, 0.1) is 0 Å². The zero-order valence-corrected chi connectivity index (χ0v) is 15.3. The summed E-state index contributed by atoms with van der Waals surface area (Å²) < 4.78 is 4.68. The van der Waals surface area contributed by atoms with Gasteiger partial charge in [-0.15, -0.1) is 0 Å². The molecule has 2 aromatic carbocycles. The molecule has 132 valence electrons. The van der Waals surface area contributed by atoms with Gasteiger partial charge in [-0.3, -0.25) is 0 Å². The van der Waals surface area contributed by atoms with E-state index in [-0.39, 0.29) is 5.97 Å². The number of benzene rings is 2. The Kier molecular flexibility index (Phi) is 5.60. The number of rotatable bonds is 5. The molecule has 3 aromatic rings. The number of halogens is 1. The highest BCUT2D eigenvalue weighted by Crippen LogP contribution is 2.34. The van der Waals surface area contributed by atoms with Gasteiger partial charge in [-0.1, -0.05) is 23.4 Å². The summed E-state index contributed by atoms with van der Waals surface area (Å²) in [5.41, 5.74) is 7.84. The maximum Gasteiger partial charge on any atom is 0.337 e. The van der Waals surface area contributed by atoms with Gasteiger partial charge in [0.05, 0.1) is 12.7 Å². The number of carbonyl (C=O) groups excluding carboxylic acids is 1. The number of carbonyl (C=O) groups is 1. The Balaban J connectivity index is 1.78. The van der Waals surface area contributed by atoms with Crippen LogP contribution in [0.2, 0.25) is 5.02 Å². The van der Waals surface area contributed by atoms with Crippen LogP contribution in [-0.2, 0) is 4.74 Å². The van der Waals surface area contributed by atoms with E-state index < -0.39 is 0 Å². The molecule has 0 saturated heterocycles. The van der Waals surface area contributed by atoms with Crippen LogP contribution in [0.25, 0.3) is 0 Å². The molecule has 8 heteroatoms. The Morgan fingerprint density at radius 2 is 1.81 bits per heavy atom. The Labute approximate surface area is 159 Å². The zero-order chi connectivity index (χ0) is 18.5. The Morgan fingerprint density at radius 1 is 1.12 bits per heavy atom. The van der Waals surface area contributed by atoms with Gasteiger partial charge < -0.3 is 15.8 Å². The Hall–Kier alpha value is -2.77. The third-order valence-corrected chi connectivity index (χ3v) is 4.72. The second-order valence-corrected chi connectivity index (χ2v) is 6.69. The summed E-state index contributed by atoms with van der Waals surface area (Å²) in [5, 5.41) is 4.43. The molecule has 26 heavy (non-hydrogen) atoms. The lowest BCUT2D eigenvalue weighted by Gasteiger charge is -2.11. The van der Waals surface area contributed by atoms with Crippen LogP contribution in [0.15, 0.2) is 64.8 Å². The Morgan fingerprint density at radius 3 is 2.46 bits per heavy atom. The number of ether oxygens (including phenoxy) is 1. The average Bonchev–Trinajstić information content (AvgIpc) is 2.66. The molecular formula is C18H15ClN4O2S. The van der Waals surface area contributed by atoms with Gasteiger partial charge in [0.25, 0.3) is 0 Å². The number of nitrogen functional groups attached to an aromatic ring is 1. The molecule has 0 fully saturated rings. The van der Waals surface area contributed by atoms with E-state index in [1.807, 2.05) is 24.3 Å². The van der Waals surface area contributed by atoms with E-state index in [1.165, 1.54) is 25.2 Å². The molecule has 3 N–H and O–H groups in total. The molecule has 0 radical (unpaired) electrons. The normalized spacial score (nSPS) is 10.4. The Bertz CT molecular complexity index is 917. The molecule has 0 aliphatic heterocycles. The summed E-state index contributed by atoms with van der Waals surface area (Å²) in [6.07, 6.45) is 1.44. The van der Waals surface area contributed by atoms with Crippen LogP contribution in [0.5, 0.6) is 0 Å². The van der Waals surface area contributed by atoms with Gasteiger partial charge in [0.15, 0.2) is 5.82 Å². The number of nitrogens with zero attached hydrogens (tertiary/aromatic N) is 2. The zero-order valence-electron chi connectivity index (χ0n) is 13.8. The summed E-state index contributed by atoms with van der Waals surface area (Å²) in [7, 11) is 1.34. The number of hydrogen-bond acceptors (Lipinski definition) is 7. The molecule has 0 saturated carbocycles. The number of anilines is 3. The molecular weight excluding hydrogens is 372 g/mol. The topological polar surface area (TPSA) is 90.1 Å². The number of nitrogens with two attached hydrogens (primary N) is 1. The summed E-state index contributed by atoms with van der Waals surface area (Å²) in [6, 6.07) is 14.2. The van der Waals surface area contributed by atoms with E-state index >= 15 is 0 Å². The molecule has 1 heterocycles. The first kappa shape index (κ1) is 18.0. The number of methoxy groups -OCH3 is 1. The summed E-state index contributed by atoms with van der Waals surface area (Å²) >= 11 is 7.32. The lowest BCUT2D eigenvalue weighted by molar-refractivity contribution is 0.0601. The van der Waals surface area contributed by atoms with Crippen LogP contribution in [0.1, 0.15) is 10.4 Å². The van der Waals surface area contributed by atoms with E-state index in [9.17, 15) is 4.79 Å². The van der Waals surface area contributed by atoms with E-state index in [1.54, 1.807) is 24.3 Å². The van der Waals surface area contributed by atoms with Crippen LogP contribution in [0.4, 0.5) is 17.2 Å². The van der Waals surface area contributed by atoms with Gasteiger partial charge in [0.1, 0.15) is 17.0 Å². The predicted octanol–water partition coefficient (Wildman–Crippen LogP) is 4.39. The van der Waals surface area contributed by atoms with Crippen molar-refractivity contribution in [3.8, 4) is 0 Å². The first-order valence-corrected chi connectivity index (χ1v) is 8.75. The quantitative estimate of drug-likeness (QED) is 0.496. The van der Waals surface area contributed by atoms with Crippen LogP contribution >= 0.6 is 23.4 Å². The first-order valence-electron chi connectivity index (χ1n) is 7.56. The third-order valence-electron chi connectivity index (χ3n) is 3.44. The van der Waals surface area contributed by atoms with E-state index in [4.69, 9.17) is 17.3 Å². The number of hydrogen-bond donors (Lipinski definition) is 2. The third kappa shape index (κ3) is 4.25. The van der Waals surface area contributed by atoms with Crippen molar-refractivity contribution in [2.45, 2.75) is 9.92 Å². The standard InChI is InChI=1S/C18H15ClN4O2S/c1-25-18(24)11-2-6-13(7-3-11)23-16-15(20)17(22-10-21-16)26-14-8-4-12(19)5-9-14/h2-10H,20H2,1H3,(H,21,22,23). The molecule has 0 bridgehead atoms. The monoisotopic (exact) mass is 386 g/mol. The highest BCUT2D eigenvalue weighted by atomic mass is 35.5. The smallest absolute Gasteiger partial charge is 0.337 e. The maximum absolute atomic E-state index is 11.5. The van der Waals surface area contributed by atoms with Crippen molar-refractivity contribution < 1.29 is 9.53 Å². The van der Waals surface area contributed by atoms with Gasteiger partial charge in [-0.25, -0.2) is 14.8 Å². The first-order chi connectivity index (χ1) is 12.6. The molecule has 0 atom stereocenters. The van der Waals surface area contributed by atoms with Crippen LogP contribution < -0.4 is 11.1 Å². The van der Waals surface area contributed by atoms with Gasteiger partial charge in [0, 0.05) is 15.6 Å². The van der Waals surface area contributed by atoms with Crippen molar-refractivity contribution in [1.82, 2.24) is 9.97 Å². The van der Waals surface area contributed by atoms with Crippen LogP contribution in [-0.4, -0.2) is 23.0 Å². The average molecular weight is 387 g/mol. The van der Waals surface area contributed by atoms with E-state index in [0.717, 1.165) is 10.6 Å². The largest absolute Gasteiger partial charge is 0.465 e. The minimum atomic E-state index is -0.389. The van der Waals surface area contributed by atoms with Crippen LogP contribution in [0.3, 0.4) is 0 Å². The highest BCUT2D eigenvalue weighted by molar-refractivity contribution is 7.99. The number of nitrogens with one attached hydrogen (secondary N) is 1. The number of esters is 1. The van der Waals surface area contributed by atoms with Gasteiger partial charge >= 0.3 is 5.97 Å². The molecule has 0 amide bonds. The van der Waals surface area contributed by atoms with E-state index in [2.05, 4.69) is 20.0 Å². The predicted molar refractivity (Wildman–Crippen MR) is 103 cm³/mol. The minimum absolute atomic E-state index is 0.389. The summed E-state index contributed by atoms with van der Waals surface area (Å²) in [5.74, 6) is 0.0991.